The first-order chi connectivity index (χ1) is 7.74. The highest BCUT2D eigenvalue weighted by Gasteiger charge is 2.36. The van der Waals surface area contributed by atoms with Crippen molar-refractivity contribution in [1.82, 2.24) is 4.90 Å². The number of rotatable bonds is 2. The van der Waals surface area contributed by atoms with Gasteiger partial charge in [0.2, 0.25) is 5.91 Å². The number of carbonyl (C=O) groups excluding carboxylic acids is 1. The molecule has 0 bridgehead atoms. The molecule has 0 aromatic carbocycles. The molecule has 16 heavy (non-hydrogen) atoms. The Labute approximate surface area is 103 Å². The van der Waals surface area contributed by atoms with Crippen molar-refractivity contribution < 1.29 is 4.79 Å². The predicted molar refractivity (Wildman–Crippen MR) is 66.6 cm³/mol. The zero-order valence-electron chi connectivity index (χ0n) is 10.1. The molecule has 2 aliphatic rings. The lowest BCUT2D eigenvalue weighted by Crippen LogP contribution is -2.42. The molecular formula is C13H22ClNO. The van der Waals surface area contributed by atoms with Crippen LogP contribution in [0.2, 0.25) is 0 Å². The van der Waals surface area contributed by atoms with Gasteiger partial charge in [0.25, 0.3) is 0 Å². The monoisotopic (exact) mass is 243 g/mol. The summed E-state index contributed by atoms with van der Waals surface area (Å²) in [7, 11) is 0. The molecule has 1 amide bonds. The highest BCUT2D eigenvalue weighted by Crippen LogP contribution is 2.31. The molecule has 1 heterocycles. The second kappa shape index (κ2) is 5.39. The summed E-state index contributed by atoms with van der Waals surface area (Å²) in [5.74, 6) is 1.85. The van der Waals surface area contributed by atoms with Crippen molar-refractivity contribution in [3.05, 3.63) is 0 Å². The van der Waals surface area contributed by atoms with Crippen molar-refractivity contribution in [1.29, 1.82) is 0 Å². The summed E-state index contributed by atoms with van der Waals surface area (Å²) >= 11 is 5.99. The largest absolute Gasteiger partial charge is 0.338 e. The molecule has 2 atom stereocenters. The molecule has 0 N–H and O–H groups in total. The summed E-state index contributed by atoms with van der Waals surface area (Å²) in [6, 6.07) is 0.288. The Morgan fingerprint density at radius 1 is 1.25 bits per heavy atom. The molecule has 2 rings (SSSR count). The fourth-order valence-corrected chi connectivity index (χ4v) is 3.57. The molecular weight excluding hydrogens is 222 g/mol. The smallest absolute Gasteiger partial charge is 0.225 e. The third-order valence-electron chi connectivity index (χ3n) is 4.28. The van der Waals surface area contributed by atoms with Crippen LogP contribution in [0, 0.1) is 11.8 Å². The summed E-state index contributed by atoms with van der Waals surface area (Å²) in [6.07, 6.45) is 7.07. The third kappa shape index (κ3) is 2.37. The minimum atomic E-state index is 0.288. The van der Waals surface area contributed by atoms with Crippen LogP contribution in [0.5, 0.6) is 0 Å². The lowest BCUT2D eigenvalue weighted by atomic mass is 9.88. The van der Waals surface area contributed by atoms with Crippen molar-refractivity contribution in [2.24, 2.45) is 11.8 Å². The zero-order chi connectivity index (χ0) is 11.5. The van der Waals surface area contributed by atoms with Gasteiger partial charge in [0.05, 0.1) is 0 Å². The molecule has 1 saturated carbocycles. The quantitative estimate of drug-likeness (QED) is 0.683. The second-order valence-electron chi connectivity index (χ2n) is 5.35. The van der Waals surface area contributed by atoms with Gasteiger partial charge in [-0.1, -0.05) is 26.2 Å². The summed E-state index contributed by atoms with van der Waals surface area (Å²) in [4.78, 5) is 14.4. The fourth-order valence-electron chi connectivity index (χ4n) is 3.10. The van der Waals surface area contributed by atoms with Gasteiger partial charge >= 0.3 is 0 Å². The number of nitrogens with zero attached hydrogens (tertiary/aromatic N) is 1. The van der Waals surface area contributed by atoms with E-state index >= 15 is 0 Å². The van der Waals surface area contributed by atoms with Crippen LogP contribution in [-0.2, 0) is 4.79 Å². The minimum absolute atomic E-state index is 0.288. The van der Waals surface area contributed by atoms with E-state index in [0.29, 0.717) is 23.6 Å². The highest BCUT2D eigenvalue weighted by atomic mass is 35.5. The number of hydrogen-bond acceptors (Lipinski definition) is 1. The average Bonchev–Trinajstić information content (AvgIpc) is 2.70. The lowest BCUT2D eigenvalue weighted by Gasteiger charge is -2.30. The predicted octanol–water partition coefficient (Wildman–Crippen LogP) is 3.04. The molecule has 2 unspecified atom stereocenters. The summed E-state index contributed by atoms with van der Waals surface area (Å²) < 4.78 is 0. The molecule has 3 heteroatoms. The Bertz CT molecular complexity index is 250. The van der Waals surface area contributed by atoms with E-state index < -0.39 is 0 Å². The van der Waals surface area contributed by atoms with Crippen LogP contribution >= 0.6 is 11.6 Å². The van der Waals surface area contributed by atoms with E-state index in [-0.39, 0.29) is 6.04 Å². The Morgan fingerprint density at radius 2 is 1.94 bits per heavy atom. The average molecular weight is 244 g/mol. The molecule has 0 spiro atoms. The van der Waals surface area contributed by atoms with Crippen LogP contribution < -0.4 is 0 Å². The van der Waals surface area contributed by atoms with E-state index in [1.165, 1.54) is 19.3 Å². The number of carbonyl (C=O) groups is 1. The molecule has 92 valence electrons. The molecule has 0 aromatic heterocycles. The van der Waals surface area contributed by atoms with E-state index in [4.69, 9.17) is 11.6 Å². The Kier molecular flexibility index (Phi) is 4.12. The van der Waals surface area contributed by atoms with Crippen LogP contribution in [0.25, 0.3) is 0 Å². The van der Waals surface area contributed by atoms with Gasteiger partial charge in [-0.25, -0.2) is 0 Å². The molecule has 1 aliphatic heterocycles. The van der Waals surface area contributed by atoms with Gasteiger partial charge in [-0.15, -0.1) is 11.6 Å². The first-order valence-corrected chi connectivity index (χ1v) is 7.14. The summed E-state index contributed by atoms with van der Waals surface area (Å²) in [5, 5.41) is 0. The van der Waals surface area contributed by atoms with Crippen LogP contribution in [0.4, 0.5) is 0 Å². The standard InChI is InChI=1S/C13H22ClNO/c1-10-7-8-15(12(10)9-14)13(16)11-5-3-2-4-6-11/h10-12H,2-9H2,1H3. The van der Waals surface area contributed by atoms with Crippen LogP contribution in [0.1, 0.15) is 45.4 Å². The van der Waals surface area contributed by atoms with Crippen molar-refractivity contribution in [3.63, 3.8) is 0 Å². The Balaban J connectivity index is 1.97. The van der Waals surface area contributed by atoms with Gasteiger partial charge in [-0.2, -0.15) is 0 Å². The highest BCUT2D eigenvalue weighted by molar-refractivity contribution is 6.18. The van der Waals surface area contributed by atoms with E-state index in [1.807, 2.05) is 0 Å². The van der Waals surface area contributed by atoms with Gasteiger partial charge in [0.15, 0.2) is 0 Å². The van der Waals surface area contributed by atoms with E-state index in [1.54, 1.807) is 0 Å². The second-order valence-corrected chi connectivity index (χ2v) is 5.66. The van der Waals surface area contributed by atoms with E-state index in [9.17, 15) is 4.79 Å². The number of alkyl halides is 1. The van der Waals surface area contributed by atoms with E-state index in [0.717, 1.165) is 25.8 Å². The maximum atomic E-state index is 12.4. The van der Waals surface area contributed by atoms with Crippen molar-refractivity contribution in [2.75, 3.05) is 12.4 Å². The lowest BCUT2D eigenvalue weighted by molar-refractivity contribution is -0.137. The van der Waals surface area contributed by atoms with Crippen molar-refractivity contribution >= 4 is 17.5 Å². The van der Waals surface area contributed by atoms with Crippen LogP contribution in [0.3, 0.4) is 0 Å². The van der Waals surface area contributed by atoms with Gasteiger partial charge in [0, 0.05) is 24.4 Å². The maximum Gasteiger partial charge on any atom is 0.225 e. The molecule has 1 saturated heterocycles. The SMILES string of the molecule is CC1CCN(C(=O)C2CCCCC2)C1CCl. The van der Waals surface area contributed by atoms with E-state index in [2.05, 4.69) is 11.8 Å². The first-order valence-electron chi connectivity index (χ1n) is 6.60. The molecule has 0 aromatic rings. The molecule has 0 radical (unpaired) electrons. The van der Waals surface area contributed by atoms with Crippen LogP contribution in [-0.4, -0.2) is 29.3 Å². The molecule has 2 fully saturated rings. The Hall–Kier alpha value is -0.240. The minimum Gasteiger partial charge on any atom is -0.338 e. The number of likely N-dealkylation sites (tertiary alicyclic amines) is 1. The first kappa shape index (κ1) is 12.2. The van der Waals surface area contributed by atoms with Gasteiger partial charge < -0.3 is 4.90 Å². The maximum absolute atomic E-state index is 12.4. The zero-order valence-corrected chi connectivity index (χ0v) is 10.9. The van der Waals surface area contributed by atoms with Gasteiger partial charge in [-0.3, -0.25) is 4.79 Å². The summed E-state index contributed by atoms with van der Waals surface area (Å²) in [5.41, 5.74) is 0. The number of amides is 1. The Morgan fingerprint density at radius 3 is 2.56 bits per heavy atom. The number of halogens is 1. The third-order valence-corrected chi connectivity index (χ3v) is 4.59. The van der Waals surface area contributed by atoms with Crippen molar-refractivity contribution in [3.8, 4) is 0 Å². The van der Waals surface area contributed by atoms with Crippen LogP contribution in [0.15, 0.2) is 0 Å². The number of hydrogen-bond donors (Lipinski definition) is 0. The summed E-state index contributed by atoms with van der Waals surface area (Å²) in [6.45, 7) is 3.13. The fraction of sp³-hybridized carbons (Fsp3) is 0.923. The van der Waals surface area contributed by atoms with Crippen molar-refractivity contribution in [2.45, 2.75) is 51.5 Å². The topological polar surface area (TPSA) is 20.3 Å². The molecule has 1 aliphatic carbocycles. The molecule has 2 nitrogen and oxygen atoms in total. The van der Waals surface area contributed by atoms with Gasteiger partial charge in [0.1, 0.15) is 0 Å². The van der Waals surface area contributed by atoms with Gasteiger partial charge in [-0.05, 0) is 25.2 Å². The normalized spacial score (nSPS) is 32.0.